The summed E-state index contributed by atoms with van der Waals surface area (Å²) in [6.45, 7) is 0. The standard InChI is InChI=1S/C21H13F3N4O4/c22-21(23,24)14-3-1-4-15(11-14)27-8-2-5-17(27)12-25-26-20(29)19-10-13-9-16(28(30)31)6-7-18(13)32-19/h1-12H,(H,26,29)/b25-12-. The van der Waals surface area contributed by atoms with Crippen LogP contribution in [-0.4, -0.2) is 21.6 Å². The van der Waals surface area contributed by atoms with Crippen LogP contribution in [0, 0.1) is 10.1 Å². The largest absolute Gasteiger partial charge is 0.451 e. The first-order chi connectivity index (χ1) is 15.2. The molecule has 0 unspecified atom stereocenters. The van der Waals surface area contributed by atoms with Crippen molar-refractivity contribution in [2.24, 2.45) is 5.10 Å². The predicted octanol–water partition coefficient (Wildman–Crippen LogP) is 4.91. The molecular weight excluding hydrogens is 429 g/mol. The molecule has 0 spiro atoms. The van der Waals surface area contributed by atoms with Crippen LogP contribution >= 0.6 is 0 Å². The maximum atomic E-state index is 13.0. The molecule has 0 fully saturated rings. The number of furan rings is 1. The molecule has 8 nitrogen and oxygen atoms in total. The fourth-order valence-corrected chi connectivity index (χ4v) is 3.03. The number of hydrazone groups is 1. The van der Waals surface area contributed by atoms with Gasteiger partial charge in [0.1, 0.15) is 5.58 Å². The number of rotatable bonds is 5. The van der Waals surface area contributed by atoms with Crippen LogP contribution in [0.3, 0.4) is 0 Å². The Morgan fingerprint density at radius 3 is 2.69 bits per heavy atom. The molecule has 2 aromatic heterocycles. The molecule has 11 heteroatoms. The molecule has 0 saturated carbocycles. The number of hydrogen-bond donors (Lipinski definition) is 1. The van der Waals surface area contributed by atoms with Crippen LogP contribution in [0.2, 0.25) is 0 Å². The fraction of sp³-hybridized carbons (Fsp3) is 0.0476. The third kappa shape index (κ3) is 4.21. The number of hydrogen-bond acceptors (Lipinski definition) is 5. The molecule has 2 heterocycles. The number of aromatic nitrogens is 1. The number of carbonyl (C=O) groups is 1. The number of nitrogens with zero attached hydrogens (tertiary/aromatic N) is 3. The van der Waals surface area contributed by atoms with Crippen molar-refractivity contribution in [2.75, 3.05) is 0 Å². The van der Waals surface area contributed by atoms with E-state index in [4.69, 9.17) is 4.42 Å². The number of alkyl halides is 3. The Morgan fingerprint density at radius 2 is 1.94 bits per heavy atom. The summed E-state index contributed by atoms with van der Waals surface area (Å²) in [7, 11) is 0. The molecule has 0 saturated heterocycles. The SMILES string of the molecule is O=C(N/N=C\c1cccn1-c1cccc(C(F)(F)F)c1)c1cc2cc([N+](=O)[O-])ccc2o1. The van der Waals surface area contributed by atoms with E-state index in [9.17, 15) is 28.1 Å². The molecule has 4 rings (SSSR count). The Bertz CT molecular complexity index is 1350. The van der Waals surface area contributed by atoms with E-state index in [2.05, 4.69) is 10.5 Å². The topological polar surface area (TPSA) is 103 Å². The molecule has 32 heavy (non-hydrogen) atoms. The van der Waals surface area contributed by atoms with Crippen LogP contribution in [0.1, 0.15) is 21.8 Å². The molecule has 162 valence electrons. The van der Waals surface area contributed by atoms with Gasteiger partial charge in [0.2, 0.25) is 0 Å². The summed E-state index contributed by atoms with van der Waals surface area (Å²) in [6, 6.07) is 13.3. The molecular formula is C21H13F3N4O4. The number of carbonyl (C=O) groups excluding carboxylic acids is 1. The smallest absolute Gasteiger partial charge is 0.416 e. The van der Waals surface area contributed by atoms with Crippen molar-refractivity contribution in [2.45, 2.75) is 6.18 Å². The molecule has 2 aromatic carbocycles. The minimum Gasteiger partial charge on any atom is -0.451 e. The lowest BCUT2D eigenvalue weighted by Gasteiger charge is -2.10. The lowest BCUT2D eigenvalue weighted by atomic mass is 10.2. The van der Waals surface area contributed by atoms with Gasteiger partial charge in [0.05, 0.1) is 22.4 Å². The molecule has 4 aromatic rings. The summed E-state index contributed by atoms with van der Waals surface area (Å²) >= 11 is 0. The van der Waals surface area contributed by atoms with Crippen molar-refractivity contribution in [3.8, 4) is 5.69 Å². The van der Waals surface area contributed by atoms with Crippen LogP contribution < -0.4 is 5.43 Å². The second-order valence-electron chi connectivity index (χ2n) is 6.64. The van der Waals surface area contributed by atoms with Crippen LogP contribution in [-0.2, 0) is 6.18 Å². The van der Waals surface area contributed by atoms with Gasteiger partial charge in [-0.2, -0.15) is 18.3 Å². The Morgan fingerprint density at radius 1 is 1.12 bits per heavy atom. The highest BCUT2D eigenvalue weighted by Gasteiger charge is 2.30. The van der Waals surface area contributed by atoms with E-state index in [1.807, 2.05) is 0 Å². The van der Waals surface area contributed by atoms with Gasteiger partial charge < -0.3 is 8.98 Å². The number of amides is 1. The Labute approximate surface area is 177 Å². The Hall–Kier alpha value is -4.41. The first-order valence-electron chi connectivity index (χ1n) is 9.09. The van der Waals surface area contributed by atoms with Gasteiger partial charge >= 0.3 is 12.1 Å². The number of non-ortho nitro benzene ring substituents is 1. The van der Waals surface area contributed by atoms with Gasteiger partial charge in [0.15, 0.2) is 5.76 Å². The van der Waals surface area contributed by atoms with E-state index in [0.717, 1.165) is 12.1 Å². The van der Waals surface area contributed by atoms with Crippen molar-refractivity contribution in [1.29, 1.82) is 0 Å². The first kappa shape index (κ1) is 20.8. The van der Waals surface area contributed by atoms with Crippen molar-refractivity contribution in [3.63, 3.8) is 0 Å². The minimum absolute atomic E-state index is 0.106. The van der Waals surface area contributed by atoms with Crippen LogP contribution in [0.25, 0.3) is 16.7 Å². The predicted molar refractivity (Wildman–Crippen MR) is 109 cm³/mol. The van der Waals surface area contributed by atoms with E-state index in [1.165, 1.54) is 47.2 Å². The highest BCUT2D eigenvalue weighted by atomic mass is 19.4. The first-order valence-corrected chi connectivity index (χ1v) is 9.09. The van der Waals surface area contributed by atoms with Crippen molar-refractivity contribution in [3.05, 3.63) is 94.0 Å². The zero-order valence-corrected chi connectivity index (χ0v) is 16.0. The normalized spacial score (nSPS) is 11.8. The third-order valence-corrected chi connectivity index (χ3v) is 4.53. The lowest BCUT2D eigenvalue weighted by Crippen LogP contribution is -2.17. The highest BCUT2D eigenvalue weighted by Crippen LogP contribution is 2.30. The Balaban J connectivity index is 1.51. The lowest BCUT2D eigenvalue weighted by molar-refractivity contribution is -0.384. The maximum Gasteiger partial charge on any atom is 0.416 e. The van der Waals surface area contributed by atoms with Crippen LogP contribution in [0.5, 0.6) is 0 Å². The van der Waals surface area contributed by atoms with Gasteiger partial charge in [-0.3, -0.25) is 14.9 Å². The van der Waals surface area contributed by atoms with Gasteiger partial charge in [-0.15, -0.1) is 0 Å². The monoisotopic (exact) mass is 442 g/mol. The molecule has 1 N–H and O–H groups in total. The average Bonchev–Trinajstić information content (AvgIpc) is 3.39. The minimum atomic E-state index is -4.47. The van der Waals surface area contributed by atoms with E-state index in [1.54, 1.807) is 18.3 Å². The van der Waals surface area contributed by atoms with Crippen LogP contribution in [0.15, 0.2) is 76.4 Å². The molecule has 0 aliphatic carbocycles. The number of nitro groups is 1. The van der Waals surface area contributed by atoms with Crippen molar-refractivity contribution < 1.29 is 27.3 Å². The van der Waals surface area contributed by atoms with E-state index in [-0.39, 0.29) is 17.1 Å². The third-order valence-electron chi connectivity index (χ3n) is 4.53. The number of fused-ring (bicyclic) bond motifs is 1. The number of benzene rings is 2. The van der Waals surface area contributed by atoms with Gasteiger partial charge in [-0.1, -0.05) is 6.07 Å². The maximum absolute atomic E-state index is 13.0. The highest BCUT2D eigenvalue weighted by molar-refractivity contribution is 5.96. The van der Waals surface area contributed by atoms with Gasteiger partial charge in [0, 0.05) is 29.4 Å². The zero-order chi connectivity index (χ0) is 22.9. The summed E-state index contributed by atoms with van der Waals surface area (Å²) in [5, 5.41) is 15.1. The molecule has 0 bridgehead atoms. The van der Waals surface area contributed by atoms with E-state index in [0.29, 0.717) is 16.7 Å². The number of nitro benzene ring substituents is 1. The fourth-order valence-electron chi connectivity index (χ4n) is 3.03. The second-order valence-corrected chi connectivity index (χ2v) is 6.64. The second kappa shape index (κ2) is 8.02. The summed E-state index contributed by atoms with van der Waals surface area (Å²) in [5.74, 6) is -0.803. The van der Waals surface area contributed by atoms with E-state index >= 15 is 0 Å². The molecule has 0 radical (unpaired) electrons. The number of halogens is 3. The Kier molecular flexibility index (Phi) is 5.23. The quantitative estimate of drug-likeness (QED) is 0.269. The van der Waals surface area contributed by atoms with Gasteiger partial charge in [0.25, 0.3) is 5.69 Å². The molecule has 0 atom stereocenters. The van der Waals surface area contributed by atoms with Crippen molar-refractivity contribution in [1.82, 2.24) is 9.99 Å². The summed E-state index contributed by atoms with van der Waals surface area (Å²) in [5.41, 5.74) is 2.32. The summed E-state index contributed by atoms with van der Waals surface area (Å²) in [4.78, 5) is 22.6. The van der Waals surface area contributed by atoms with Gasteiger partial charge in [-0.05, 0) is 42.5 Å². The summed E-state index contributed by atoms with van der Waals surface area (Å²) < 4.78 is 45.8. The zero-order valence-electron chi connectivity index (χ0n) is 16.0. The number of nitrogens with one attached hydrogen (secondary N) is 1. The molecule has 0 aliphatic rings. The molecule has 0 aliphatic heterocycles. The molecule has 1 amide bonds. The summed E-state index contributed by atoms with van der Waals surface area (Å²) in [6.07, 6.45) is -1.64. The van der Waals surface area contributed by atoms with Crippen molar-refractivity contribution >= 4 is 28.8 Å². The van der Waals surface area contributed by atoms with Crippen LogP contribution in [0.4, 0.5) is 18.9 Å². The van der Waals surface area contributed by atoms with E-state index < -0.39 is 22.6 Å². The average molecular weight is 442 g/mol. The van der Waals surface area contributed by atoms with Gasteiger partial charge in [-0.25, -0.2) is 5.43 Å².